The fourth-order valence-corrected chi connectivity index (χ4v) is 4.48. The summed E-state index contributed by atoms with van der Waals surface area (Å²) in [6.45, 7) is 3.65. The second-order valence-corrected chi connectivity index (χ2v) is 9.07. The van der Waals surface area contributed by atoms with Crippen molar-refractivity contribution in [1.29, 1.82) is 0 Å². The van der Waals surface area contributed by atoms with E-state index >= 15 is 0 Å². The largest absolute Gasteiger partial charge is 0.350 e. The van der Waals surface area contributed by atoms with Crippen LogP contribution in [0.25, 0.3) is 0 Å². The van der Waals surface area contributed by atoms with Gasteiger partial charge in [-0.05, 0) is 55.2 Å². The van der Waals surface area contributed by atoms with Crippen LogP contribution in [0.3, 0.4) is 0 Å². The van der Waals surface area contributed by atoms with Gasteiger partial charge in [0.15, 0.2) is 0 Å². The number of anilines is 2. The van der Waals surface area contributed by atoms with Gasteiger partial charge in [-0.2, -0.15) is 0 Å². The molecule has 9 heteroatoms. The van der Waals surface area contributed by atoms with Gasteiger partial charge in [0.25, 0.3) is 17.7 Å². The maximum absolute atomic E-state index is 12.9. The summed E-state index contributed by atoms with van der Waals surface area (Å²) in [6.07, 6.45) is 2.13. The first-order valence-corrected chi connectivity index (χ1v) is 11.3. The van der Waals surface area contributed by atoms with Crippen LogP contribution in [0.5, 0.6) is 0 Å². The molecule has 4 rings (SSSR count). The van der Waals surface area contributed by atoms with E-state index in [4.69, 9.17) is 34.8 Å². The van der Waals surface area contributed by atoms with Gasteiger partial charge in [-0.25, -0.2) is 4.90 Å². The predicted octanol–water partition coefficient (Wildman–Crippen LogP) is 5.30. The van der Waals surface area contributed by atoms with Crippen LogP contribution in [0.2, 0.25) is 10.0 Å². The number of nitrogens with one attached hydrogen (secondary N) is 1. The van der Waals surface area contributed by atoms with Crippen LogP contribution in [-0.2, 0) is 9.59 Å². The van der Waals surface area contributed by atoms with Gasteiger partial charge < -0.3 is 10.2 Å². The Kier molecular flexibility index (Phi) is 6.47. The molecule has 1 unspecified atom stereocenters. The van der Waals surface area contributed by atoms with Crippen LogP contribution in [0.1, 0.15) is 30.1 Å². The Morgan fingerprint density at radius 1 is 1.03 bits per heavy atom. The Hall–Kier alpha value is -2.54. The molecule has 1 saturated heterocycles. The minimum absolute atomic E-state index is 0.0192. The molecule has 0 aliphatic carbocycles. The maximum atomic E-state index is 12.9. The van der Waals surface area contributed by atoms with Crippen molar-refractivity contribution in [3.8, 4) is 0 Å². The number of carbonyl (C=O) groups excluding carboxylic acids is 3. The second kappa shape index (κ2) is 9.14. The lowest BCUT2D eigenvalue weighted by molar-refractivity contribution is -0.120. The maximum Gasteiger partial charge on any atom is 0.283 e. The summed E-state index contributed by atoms with van der Waals surface area (Å²) < 4.78 is 0. The highest BCUT2D eigenvalue weighted by Crippen LogP contribution is 2.37. The lowest BCUT2D eigenvalue weighted by Gasteiger charge is -2.31. The summed E-state index contributed by atoms with van der Waals surface area (Å²) in [5.74, 6) is -0.875. The number of halogens is 3. The van der Waals surface area contributed by atoms with Gasteiger partial charge in [0.1, 0.15) is 10.7 Å². The van der Waals surface area contributed by atoms with E-state index in [1.54, 1.807) is 36.4 Å². The standard InChI is InChI=1S/C23H20Cl3N3O3/c1-13-4-3-11-28(12-13)21(30)14-7-9-15(10-8-14)27-20-19(26)22(31)29(23(20)32)17-6-2-5-16(24)18(17)25/h2,5-10,13,27H,3-4,11-12H2,1H3. The fourth-order valence-electron chi connectivity index (χ4n) is 3.89. The van der Waals surface area contributed by atoms with Crippen LogP contribution in [0, 0.1) is 5.92 Å². The summed E-state index contributed by atoms with van der Waals surface area (Å²) in [4.78, 5) is 41.1. The molecule has 3 amide bonds. The highest BCUT2D eigenvalue weighted by atomic mass is 35.5. The summed E-state index contributed by atoms with van der Waals surface area (Å²) in [5.41, 5.74) is 1.16. The van der Waals surface area contributed by atoms with Gasteiger partial charge in [-0.1, -0.05) is 47.8 Å². The van der Waals surface area contributed by atoms with Crippen molar-refractivity contribution in [2.24, 2.45) is 5.92 Å². The number of carbonyl (C=O) groups is 3. The van der Waals surface area contributed by atoms with Crippen molar-refractivity contribution in [1.82, 2.24) is 4.90 Å². The first kappa shape index (κ1) is 22.6. The van der Waals surface area contributed by atoms with Crippen LogP contribution in [-0.4, -0.2) is 35.7 Å². The quantitative estimate of drug-likeness (QED) is 0.588. The molecule has 2 aromatic rings. The van der Waals surface area contributed by atoms with E-state index in [2.05, 4.69) is 12.2 Å². The smallest absolute Gasteiger partial charge is 0.283 e. The molecule has 0 aromatic heterocycles. The topological polar surface area (TPSA) is 69.7 Å². The molecule has 1 N–H and O–H groups in total. The number of amides is 3. The molecule has 2 heterocycles. The Morgan fingerprint density at radius 3 is 2.44 bits per heavy atom. The summed E-state index contributed by atoms with van der Waals surface area (Å²) in [6, 6.07) is 11.4. The monoisotopic (exact) mass is 491 g/mol. The highest BCUT2D eigenvalue weighted by molar-refractivity contribution is 6.54. The van der Waals surface area contributed by atoms with Crippen molar-refractivity contribution >= 4 is 63.9 Å². The predicted molar refractivity (Wildman–Crippen MR) is 126 cm³/mol. The van der Waals surface area contributed by atoms with Crippen molar-refractivity contribution in [2.75, 3.05) is 23.3 Å². The summed E-state index contributed by atoms with van der Waals surface area (Å²) >= 11 is 18.4. The van der Waals surface area contributed by atoms with Crippen LogP contribution >= 0.6 is 34.8 Å². The van der Waals surface area contributed by atoms with Crippen molar-refractivity contribution in [3.05, 3.63) is 68.8 Å². The van der Waals surface area contributed by atoms with Crippen LogP contribution in [0.15, 0.2) is 53.2 Å². The average Bonchev–Trinajstić information content (AvgIpc) is 2.99. The van der Waals surface area contributed by atoms with Crippen LogP contribution < -0.4 is 10.2 Å². The van der Waals surface area contributed by atoms with Gasteiger partial charge >= 0.3 is 0 Å². The SMILES string of the molecule is CC1CCCN(C(=O)c2ccc(NC3=C(Cl)C(=O)N(c4cccc(Cl)c4Cl)C3=O)cc2)C1. The Balaban J connectivity index is 1.51. The van der Waals surface area contributed by atoms with E-state index < -0.39 is 11.8 Å². The molecular formula is C23H20Cl3N3O3. The minimum Gasteiger partial charge on any atom is -0.350 e. The first-order chi connectivity index (χ1) is 15.3. The highest BCUT2D eigenvalue weighted by Gasteiger charge is 2.40. The van der Waals surface area contributed by atoms with Gasteiger partial charge in [-0.3, -0.25) is 14.4 Å². The van der Waals surface area contributed by atoms with Gasteiger partial charge in [-0.15, -0.1) is 0 Å². The average molecular weight is 493 g/mol. The molecule has 2 aliphatic heterocycles. The number of hydrogen-bond donors (Lipinski definition) is 1. The molecule has 6 nitrogen and oxygen atoms in total. The van der Waals surface area contributed by atoms with E-state index in [-0.39, 0.29) is 32.4 Å². The van der Waals surface area contributed by atoms with Crippen LogP contribution in [0.4, 0.5) is 11.4 Å². The third kappa shape index (κ3) is 4.22. The molecular weight excluding hydrogens is 473 g/mol. The summed E-state index contributed by atoms with van der Waals surface area (Å²) in [5, 5.41) is 2.93. The number of imide groups is 1. The molecule has 0 bridgehead atoms. The van der Waals surface area contributed by atoms with Crippen molar-refractivity contribution < 1.29 is 14.4 Å². The van der Waals surface area contributed by atoms with E-state index in [0.717, 1.165) is 30.8 Å². The van der Waals surface area contributed by atoms with Gasteiger partial charge in [0, 0.05) is 24.3 Å². The molecule has 1 fully saturated rings. The molecule has 1 atom stereocenters. The van der Waals surface area contributed by atoms with E-state index in [0.29, 0.717) is 17.2 Å². The van der Waals surface area contributed by atoms with E-state index in [1.165, 1.54) is 6.07 Å². The number of benzene rings is 2. The number of rotatable bonds is 4. The van der Waals surface area contributed by atoms with Crippen molar-refractivity contribution in [3.63, 3.8) is 0 Å². The normalized spacial score (nSPS) is 19.1. The molecule has 32 heavy (non-hydrogen) atoms. The third-order valence-corrected chi connectivity index (χ3v) is 6.70. The van der Waals surface area contributed by atoms with Gasteiger partial charge in [0.2, 0.25) is 0 Å². The molecule has 2 aliphatic rings. The zero-order valence-electron chi connectivity index (χ0n) is 17.2. The minimum atomic E-state index is -0.700. The summed E-state index contributed by atoms with van der Waals surface area (Å²) in [7, 11) is 0. The molecule has 2 aromatic carbocycles. The lowest BCUT2D eigenvalue weighted by atomic mass is 9.99. The Labute approximate surface area is 200 Å². The molecule has 166 valence electrons. The van der Waals surface area contributed by atoms with Crippen molar-refractivity contribution in [2.45, 2.75) is 19.8 Å². The van der Waals surface area contributed by atoms with E-state index in [1.807, 2.05) is 4.90 Å². The van der Waals surface area contributed by atoms with Gasteiger partial charge in [0.05, 0.1) is 15.7 Å². The lowest BCUT2D eigenvalue weighted by Crippen LogP contribution is -2.39. The van der Waals surface area contributed by atoms with E-state index in [9.17, 15) is 14.4 Å². The number of piperidine rings is 1. The molecule has 0 radical (unpaired) electrons. The number of hydrogen-bond acceptors (Lipinski definition) is 4. The Bertz CT molecular complexity index is 1130. The second-order valence-electron chi connectivity index (χ2n) is 7.91. The first-order valence-electron chi connectivity index (χ1n) is 10.2. The zero-order chi connectivity index (χ0) is 23.0. The molecule has 0 saturated carbocycles. The fraction of sp³-hybridized carbons (Fsp3) is 0.261. The zero-order valence-corrected chi connectivity index (χ0v) is 19.5. The third-order valence-electron chi connectivity index (χ3n) is 5.54. The Morgan fingerprint density at radius 2 is 1.75 bits per heavy atom. The number of nitrogens with zero attached hydrogens (tertiary/aromatic N) is 2. The molecule has 0 spiro atoms. The number of likely N-dealkylation sites (tertiary alicyclic amines) is 1.